The maximum absolute atomic E-state index is 12.9. The molecule has 2 amide bonds. The summed E-state index contributed by atoms with van der Waals surface area (Å²) in [6, 6.07) is 4.28. The van der Waals surface area contributed by atoms with Crippen LogP contribution in [0.3, 0.4) is 0 Å². The van der Waals surface area contributed by atoms with E-state index in [-0.39, 0.29) is 24.3 Å². The monoisotopic (exact) mass is 422 g/mol. The van der Waals surface area contributed by atoms with Gasteiger partial charge in [-0.3, -0.25) is 24.5 Å². The molecular formula is C20H30N4O6. The minimum atomic E-state index is -0.943. The first-order chi connectivity index (χ1) is 13.8. The van der Waals surface area contributed by atoms with Crippen LogP contribution in [0.2, 0.25) is 0 Å². The zero-order chi connectivity index (χ0) is 23.1. The van der Waals surface area contributed by atoms with Gasteiger partial charge in [0.1, 0.15) is 18.2 Å². The first-order valence-electron chi connectivity index (χ1n) is 9.51. The van der Waals surface area contributed by atoms with Crippen LogP contribution in [0.25, 0.3) is 0 Å². The van der Waals surface area contributed by atoms with Crippen molar-refractivity contribution in [1.82, 2.24) is 15.1 Å². The van der Waals surface area contributed by atoms with Crippen molar-refractivity contribution in [3.05, 3.63) is 39.9 Å². The van der Waals surface area contributed by atoms with Gasteiger partial charge >= 0.3 is 5.97 Å². The van der Waals surface area contributed by atoms with Crippen LogP contribution in [-0.2, 0) is 14.3 Å². The number of likely N-dealkylation sites (N-methyl/N-ethyl adjacent to an activating group) is 1. The number of ether oxygens (including phenoxy) is 1. The Kier molecular flexibility index (Phi) is 8.91. The lowest BCUT2D eigenvalue weighted by Crippen LogP contribution is -2.50. The maximum atomic E-state index is 12.9. The molecule has 10 heteroatoms. The molecule has 1 N–H and O–H groups in total. The number of nitro groups is 1. The number of nitrogens with zero attached hydrogens (tertiary/aromatic N) is 3. The van der Waals surface area contributed by atoms with Gasteiger partial charge in [-0.2, -0.15) is 0 Å². The Bertz CT molecular complexity index is 788. The second-order valence-corrected chi connectivity index (χ2v) is 8.15. The number of hydrogen-bond acceptors (Lipinski definition) is 7. The van der Waals surface area contributed by atoms with E-state index in [1.54, 1.807) is 20.8 Å². The molecule has 0 bridgehead atoms. The number of amides is 2. The minimum Gasteiger partial charge on any atom is -0.459 e. The summed E-state index contributed by atoms with van der Waals surface area (Å²) in [4.78, 5) is 51.0. The molecule has 0 radical (unpaired) electrons. The van der Waals surface area contributed by atoms with Crippen molar-refractivity contribution < 1.29 is 24.0 Å². The van der Waals surface area contributed by atoms with E-state index in [0.717, 1.165) is 6.07 Å². The zero-order valence-corrected chi connectivity index (χ0v) is 18.3. The van der Waals surface area contributed by atoms with Crippen molar-refractivity contribution in [1.29, 1.82) is 0 Å². The van der Waals surface area contributed by atoms with Crippen molar-refractivity contribution in [3.8, 4) is 0 Å². The average Bonchev–Trinajstić information content (AvgIpc) is 2.62. The van der Waals surface area contributed by atoms with Gasteiger partial charge in [-0.15, -0.1) is 0 Å². The molecule has 0 fully saturated rings. The highest BCUT2D eigenvalue weighted by molar-refractivity contribution is 5.98. The number of hydrogen-bond donors (Lipinski definition) is 1. The van der Waals surface area contributed by atoms with Gasteiger partial charge in [0.15, 0.2) is 0 Å². The molecule has 0 aliphatic rings. The van der Waals surface area contributed by atoms with Gasteiger partial charge in [0.25, 0.3) is 11.6 Å². The molecule has 0 saturated carbocycles. The van der Waals surface area contributed by atoms with Gasteiger partial charge in [-0.1, -0.05) is 6.07 Å². The highest BCUT2D eigenvalue weighted by Gasteiger charge is 2.27. The fourth-order valence-electron chi connectivity index (χ4n) is 2.49. The van der Waals surface area contributed by atoms with Crippen molar-refractivity contribution in [2.24, 2.45) is 0 Å². The topological polar surface area (TPSA) is 122 Å². The van der Waals surface area contributed by atoms with Crippen LogP contribution in [0, 0.1) is 10.1 Å². The molecule has 1 aromatic rings. The Hall–Kier alpha value is -3.01. The van der Waals surface area contributed by atoms with Crippen LogP contribution in [0.4, 0.5) is 5.69 Å². The summed E-state index contributed by atoms with van der Waals surface area (Å²) in [6.07, 6.45) is 0. The fourth-order valence-corrected chi connectivity index (χ4v) is 2.49. The van der Waals surface area contributed by atoms with Gasteiger partial charge in [0, 0.05) is 30.8 Å². The second-order valence-electron chi connectivity index (χ2n) is 8.15. The van der Waals surface area contributed by atoms with Gasteiger partial charge in [-0.05, 0) is 47.9 Å². The van der Waals surface area contributed by atoms with Gasteiger partial charge in [0.2, 0.25) is 5.91 Å². The fraction of sp³-hybridized carbons (Fsp3) is 0.550. The lowest BCUT2D eigenvalue weighted by atomic mass is 10.1. The van der Waals surface area contributed by atoms with Crippen molar-refractivity contribution in [3.63, 3.8) is 0 Å². The van der Waals surface area contributed by atoms with E-state index in [2.05, 4.69) is 5.32 Å². The average molecular weight is 422 g/mol. The summed E-state index contributed by atoms with van der Waals surface area (Å²) in [5.41, 5.74) is -0.843. The van der Waals surface area contributed by atoms with E-state index in [0.29, 0.717) is 6.54 Å². The van der Waals surface area contributed by atoms with Gasteiger partial charge in [-0.25, -0.2) is 0 Å². The Morgan fingerprint density at radius 1 is 1.20 bits per heavy atom. The molecule has 166 valence electrons. The predicted molar refractivity (Wildman–Crippen MR) is 111 cm³/mol. The Labute approximate surface area is 176 Å². The third-order valence-corrected chi connectivity index (χ3v) is 3.91. The van der Waals surface area contributed by atoms with E-state index in [1.807, 2.05) is 19.0 Å². The zero-order valence-electron chi connectivity index (χ0n) is 18.3. The highest BCUT2D eigenvalue weighted by atomic mass is 16.6. The first kappa shape index (κ1) is 25.0. The molecule has 0 saturated heterocycles. The summed E-state index contributed by atoms with van der Waals surface area (Å²) >= 11 is 0. The van der Waals surface area contributed by atoms with Gasteiger partial charge in [0.05, 0.1) is 4.92 Å². The summed E-state index contributed by atoms with van der Waals surface area (Å²) in [5.74, 6) is -1.63. The number of nitro benzene ring substituents is 1. The smallest absolute Gasteiger partial charge is 0.326 e. The SMILES string of the molecule is CC(NC(=O)c1cccc([N+](=O)[O-])c1)C(=O)N(CCN(C)C)CC(=O)OC(C)(C)C. The van der Waals surface area contributed by atoms with E-state index >= 15 is 0 Å². The molecule has 1 unspecified atom stereocenters. The predicted octanol–water partition coefficient (Wildman–Crippen LogP) is 1.45. The first-order valence-corrected chi connectivity index (χ1v) is 9.51. The molecule has 0 aliphatic heterocycles. The molecular weight excluding hydrogens is 392 g/mol. The number of esters is 1. The molecule has 0 spiro atoms. The van der Waals surface area contributed by atoms with E-state index in [1.165, 1.54) is 30.0 Å². The highest BCUT2D eigenvalue weighted by Crippen LogP contribution is 2.13. The number of carbonyl (C=O) groups is 3. The Morgan fingerprint density at radius 2 is 1.83 bits per heavy atom. The Morgan fingerprint density at radius 3 is 2.37 bits per heavy atom. The third-order valence-electron chi connectivity index (χ3n) is 3.91. The number of benzene rings is 1. The van der Waals surface area contributed by atoms with Crippen LogP contribution in [0.1, 0.15) is 38.1 Å². The van der Waals surface area contributed by atoms with Crippen LogP contribution < -0.4 is 5.32 Å². The minimum absolute atomic E-state index is 0.0656. The molecule has 1 rings (SSSR count). The van der Waals surface area contributed by atoms with E-state index < -0.39 is 34.3 Å². The standard InChI is InChI=1S/C20H30N4O6/c1-14(21-18(26)15-8-7-9-16(12-15)24(28)29)19(27)23(11-10-22(5)6)13-17(25)30-20(2,3)4/h7-9,12,14H,10-11,13H2,1-6H3,(H,21,26). The van der Waals surface area contributed by atoms with Crippen LogP contribution in [0.15, 0.2) is 24.3 Å². The van der Waals surface area contributed by atoms with Crippen LogP contribution in [-0.4, -0.2) is 77.9 Å². The summed E-state index contributed by atoms with van der Waals surface area (Å²) in [7, 11) is 3.67. The summed E-state index contributed by atoms with van der Waals surface area (Å²) in [5, 5.41) is 13.4. The molecule has 10 nitrogen and oxygen atoms in total. The van der Waals surface area contributed by atoms with Gasteiger partial charge < -0.3 is 19.9 Å². The van der Waals surface area contributed by atoms with E-state index in [9.17, 15) is 24.5 Å². The molecule has 0 aliphatic carbocycles. The number of rotatable bonds is 9. The second kappa shape index (κ2) is 10.7. The molecule has 30 heavy (non-hydrogen) atoms. The lowest BCUT2D eigenvalue weighted by molar-refractivity contribution is -0.384. The molecule has 0 heterocycles. The summed E-state index contributed by atoms with van der Waals surface area (Å²) in [6.45, 7) is 7.23. The van der Waals surface area contributed by atoms with Crippen LogP contribution >= 0.6 is 0 Å². The number of carbonyl (C=O) groups excluding carboxylic acids is 3. The van der Waals surface area contributed by atoms with Crippen molar-refractivity contribution >= 4 is 23.5 Å². The number of non-ortho nitro benzene ring substituents is 1. The number of nitrogens with one attached hydrogen (secondary N) is 1. The summed E-state index contributed by atoms with van der Waals surface area (Å²) < 4.78 is 5.29. The lowest BCUT2D eigenvalue weighted by Gasteiger charge is -2.28. The van der Waals surface area contributed by atoms with Crippen molar-refractivity contribution in [2.45, 2.75) is 39.3 Å². The normalized spacial score (nSPS) is 12.2. The maximum Gasteiger partial charge on any atom is 0.326 e. The quantitative estimate of drug-likeness (QED) is 0.363. The molecule has 1 atom stereocenters. The largest absolute Gasteiger partial charge is 0.459 e. The van der Waals surface area contributed by atoms with E-state index in [4.69, 9.17) is 4.74 Å². The molecule has 1 aromatic carbocycles. The van der Waals surface area contributed by atoms with Crippen molar-refractivity contribution in [2.75, 3.05) is 33.7 Å². The third kappa shape index (κ3) is 8.56. The Balaban J connectivity index is 2.88. The molecule has 0 aromatic heterocycles. The van der Waals surface area contributed by atoms with Crippen LogP contribution in [0.5, 0.6) is 0 Å².